The monoisotopic (exact) mass is 313 g/mol. The van der Waals surface area contributed by atoms with Gasteiger partial charge in [0.15, 0.2) is 5.82 Å². The van der Waals surface area contributed by atoms with Crippen LogP contribution in [0.25, 0.3) is 0 Å². The summed E-state index contributed by atoms with van der Waals surface area (Å²) in [7, 11) is -3.81. The van der Waals surface area contributed by atoms with Crippen LogP contribution >= 0.6 is 0 Å². The smallest absolute Gasteiger partial charge is 0.263 e. The molecule has 3 rings (SSSR count). The van der Waals surface area contributed by atoms with E-state index in [0.717, 1.165) is 25.5 Å². The number of hydrogen-bond donors (Lipinski definition) is 1. The molecule has 1 aliphatic carbocycles. The fourth-order valence-corrected chi connectivity index (χ4v) is 4.10. The predicted octanol–water partition coefficient (Wildman–Crippen LogP) is 1.37. The van der Waals surface area contributed by atoms with E-state index in [9.17, 15) is 12.8 Å². The first-order chi connectivity index (χ1) is 10.1. The lowest BCUT2D eigenvalue weighted by atomic mass is 9.98. The third kappa shape index (κ3) is 3.41. The topological polar surface area (TPSA) is 62.3 Å². The molecular weight excluding hydrogens is 293 g/mol. The molecule has 0 unspecified atom stereocenters. The SMILES string of the molecule is O=S(=O)(c1ncccc1F)N1CCC(CNC2CC2)CC1. The number of piperidine rings is 1. The first kappa shape index (κ1) is 14.9. The molecule has 1 aromatic heterocycles. The molecule has 1 saturated heterocycles. The fourth-order valence-electron chi connectivity index (χ4n) is 2.66. The van der Waals surface area contributed by atoms with Crippen molar-refractivity contribution in [2.24, 2.45) is 5.92 Å². The van der Waals surface area contributed by atoms with Crippen LogP contribution in [0.4, 0.5) is 4.39 Å². The molecule has 1 aromatic rings. The van der Waals surface area contributed by atoms with Crippen molar-refractivity contribution in [2.45, 2.75) is 36.8 Å². The molecule has 2 aliphatic rings. The van der Waals surface area contributed by atoms with Crippen molar-refractivity contribution < 1.29 is 12.8 Å². The van der Waals surface area contributed by atoms with Gasteiger partial charge in [-0.05, 0) is 50.3 Å². The van der Waals surface area contributed by atoms with Crippen LogP contribution in [0.5, 0.6) is 0 Å². The lowest BCUT2D eigenvalue weighted by Crippen LogP contribution is -2.41. The Bertz CT molecular complexity index is 596. The van der Waals surface area contributed by atoms with Gasteiger partial charge in [0, 0.05) is 25.3 Å². The standard InChI is InChI=1S/C14H20FN3O2S/c15-13-2-1-7-16-14(13)21(19,20)18-8-5-11(6-9-18)10-17-12-3-4-12/h1-2,7,11-12,17H,3-6,8-10H2. The van der Waals surface area contributed by atoms with Gasteiger partial charge in [-0.1, -0.05) is 0 Å². The molecule has 0 bridgehead atoms. The molecule has 116 valence electrons. The predicted molar refractivity (Wildman–Crippen MR) is 76.7 cm³/mol. The Labute approximate surface area is 124 Å². The number of pyridine rings is 1. The van der Waals surface area contributed by atoms with E-state index >= 15 is 0 Å². The van der Waals surface area contributed by atoms with Crippen LogP contribution in [0.3, 0.4) is 0 Å². The quantitative estimate of drug-likeness (QED) is 0.892. The van der Waals surface area contributed by atoms with Crippen molar-refractivity contribution in [3.05, 3.63) is 24.1 Å². The van der Waals surface area contributed by atoms with E-state index in [1.807, 2.05) is 0 Å². The van der Waals surface area contributed by atoms with Gasteiger partial charge in [-0.15, -0.1) is 0 Å². The Kier molecular flexibility index (Phi) is 4.24. The van der Waals surface area contributed by atoms with Crippen LogP contribution in [0.2, 0.25) is 0 Å². The zero-order chi connectivity index (χ0) is 14.9. The number of hydrogen-bond acceptors (Lipinski definition) is 4. The van der Waals surface area contributed by atoms with E-state index in [-0.39, 0.29) is 0 Å². The first-order valence-electron chi connectivity index (χ1n) is 7.41. The molecule has 1 saturated carbocycles. The van der Waals surface area contributed by atoms with Crippen LogP contribution in [0.1, 0.15) is 25.7 Å². The molecule has 21 heavy (non-hydrogen) atoms. The molecule has 1 N–H and O–H groups in total. The molecule has 2 heterocycles. The summed E-state index contributed by atoms with van der Waals surface area (Å²) in [6.45, 7) is 1.83. The highest BCUT2D eigenvalue weighted by molar-refractivity contribution is 7.89. The van der Waals surface area contributed by atoms with Crippen LogP contribution in [-0.4, -0.2) is 43.4 Å². The summed E-state index contributed by atoms with van der Waals surface area (Å²) in [5.74, 6) is -0.277. The van der Waals surface area contributed by atoms with E-state index < -0.39 is 20.9 Å². The van der Waals surface area contributed by atoms with Crippen LogP contribution in [-0.2, 0) is 10.0 Å². The van der Waals surface area contributed by atoms with Gasteiger partial charge >= 0.3 is 0 Å². The summed E-state index contributed by atoms with van der Waals surface area (Å²) >= 11 is 0. The van der Waals surface area contributed by atoms with Gasteiger partial charge in [0.25, 0.3) is 10.0 Å². The largest absolute Gasteiger partial charge is 0.314 e. The maximum Gasteiger partial charge on any atom is 0.263 e. The van der Waals surface area contributed by atoms with Crippen molar-refractivity contribution in [1.82, 2.24) is 14.6 Å². The normalized spacial score (nSPS) is 21.6. The lowest BCUT2D eigenvalue weighted by Gasteiger charge is -2.31. The summed E-state index contributed by atoms with van der Waals surface area (Å²) in [6.07, 6.45) is 5.45. The van der Waals surface area contributed by atoms with E-state index in [1.165, 1.54) is 29.4 Å². The van der Waals surface area contributed by atoms with Crippen LogP contribution < -0.4 is 5.32 Å². The minimum Gasteiger partial charge on any atom is -0.314 e. The van der Waals surface area contributed by atoms with Gasteiger partial charge < -0.3 is 5.32 Å². The van der Waals surface area contributed by atoms with Crippen molar-refractivity contribution in [1.29, 1.82) is 0 Å². The number of sulfonamides is 1. The lowest BCUT2D eigenvalue weighted by molar-refractivity contribution is 0.265. The van der Waals surface area contributed by atoms with Crippen LogP contribution in [0.15, 0.2) is 23.4 Å². The van der Waals surface area contributed by atoms with Crippen molar-refractivity contribution in [3.63, 3.8) is 0 Å². The number of nitrogens with one attached hydrogen (secondary N) is 1. The molecule has 0 radical (unpaired) electrons. The average Bonchev–Trinajstić information content (AvgIpc) is 3.30. The number of rotatable bonds is 5. The fraction of sp³-hybridized carbons (Fsp3) is 0.643. The third-order valence-electron chi connectivity index (χ3n) is 4.16. The van der Waals surface area contributed by atoms with Crippen molar-refractivity contribution in [2.75, 3.05) is 19.6 Å². The van der Waals surface area contributed by atoms with Gasteiger partial charge in [0.1, 0.15) is 0 Å². The van der Waals surface area contributed by atoms with Crippen molar-refractivity contribution in [3.8, 4) is 0 Å². The molecule has 2 fully saturated rings. The summed E-state index contributed by atoms with van der Waals surface area (Å²) in [6, 6.07) is 3.20. The summed E-state index contributed by atoms with van der Waals surface area (Å²) < 4.78 is 39.8. The van der Waals surface area contributed by atoms with E-state index in [4.69, 9.17) is 0 Å². The third-order valence-corrected chi connectivity index (χ3v) is 5.99. The highest BCUT2D eigenvalue weighted by Crippen LogP contribution is 2.25. The molecule has 0 spiro atoms. The first-order valence-corrected chi connectivity index (χ1v) is 8.85. The average molecular weight is 313 g/mol. The second kappa shape index (κ2) is 5.98. The Morgan fingerprint density at radius 2 is 2.00 bits per heavy atom. The van der Waals surface area contributed by atoms with Crippen molar-refractivity contribution >= 4 is 10.0 Å². The Balaban J connectivity index is 1.61. The van der Waals surface area contributed by atoms with Crippen LogP contribution in [0, 0.1) is 11.7 Å². The number of nitrogens with zero attached hydrogens (tertiary/aromatic N) is 2. The Morgan fingerprint density at radius 3 is 2.62 bits per heavy atom. The second-order valence-corrected chi connectivity index (χ2v) is 7.67. The molecule has 0 aromatic carbocycles. The van der Waals surface area contributed by atoms with Gasteiger partial charge in [-0.3, -0.25) is 0 Å². The summed E-state index contributed by atoms with van der Waals surface area (Å²) in [5, 5.41) is 3.02. The highest BCUT2D eigenvalue weighted by Gasteiger charge is 2.32. The van der Waals surface area contributed by atoms with Gasteiger partial charge in [0.2, 0.25) is 5.03 Å². The summed E-state index contributed by atoms with van der Waals surface area (Å²) in [5.41, 5.74) is 0. The molecule has 0 atom stereocenters. The number of aromatic nitrogens is 1. The van der Waals surface area contributed by atoms with E-state index in [2.05, 4.69) is 10.3 Å². The van der Waals surface area contributed by atoms with Gasteiger partial charge in [0.05, 0.1) is 0 Å². The van der Waals surface area contributed by atoms with E-state index in [0.29, 0.717) is 25.0 Å². The maximum atomic E-state index is 13.7. The minimum atomic E-state index is -3.81. The zero-order valence-corrected chi connectivity index (χ0v) is 12.7. The maximum absolute atomic E-state index is 13.7. The second-order valence-electron chi connectivity index (χ2n) is 5.82. The molecule has 1 aliphatic heterocycles. The Hall–Kier alpha value is -1.05. The number of halogens is 1. The molecular formula is C14H20FN3O2S. The molecule has 5 nitrogen and oxygen atoms in total. The van der Waals surface area contributed by atoms with Gasteiger partial charge in [-0.25, -0.2) is 17.8 Å². The minimum absolute atomic E-state index is 0.440. The highest BCUT2D eigenvalue weighted by atomic mass is 32.2. The molecule has 7 heteroatoms. The van der Waals surface area contributed by atoms with Gasteiger partial charge in [-0.2, -0.15) is 4.31 Å². The van der Waals surface area contributed by atoms with E-state index in [1.54, 1.807) is 0 Å². The molecule has 0 amide bonds. The zero-order valence-electron chi connectivity index (χ0n) is 11.8. The Morgan fingerprint density at radius 1 is 1.29 bits per heavy atom. The summed E-state index contributed by atoms with van der Waals surface area (Å²) in [4.78, 5) is 3.69.